The highest BCUT2D eigenvalue weighted by atomic mass is 35.5. The van der Waals surface area contributed by atoms with Crippen molar-refractivity contribution < 1.29 is 8.42 Å². The third kappa shape index (κ3) is 3.34. The van der Waals surface area contributed by atoms with Crippen molar-refractivity contribution in [2.24, 2.45) is 5.73 Å². The van der Waals surface area contributed by atoms with Gasteiger partial charge in [-0.3, -0.25) is 0 Å². The van der Waals surface area contributed by atoms with Crippen LogP contribution in [0.1, 0.15) is 5.56 Å². The lowest BCUT2D eigenvalue weighted by atomic mass is 10.2. The van der Waals surface area contributed by atoms with Gasteiger partial charge in [-0.05, 0) is 17.7 Å². The first-order valence-electron chi connectivity index (χ1n) is 3.53. The Hall–Kier alpha value is -0.580. The first-order chi connectivity index (χ1) is 5.54. The molecule has 0 unspecified atom stereocenters. The van der Waals surface area contributed by atoms with E-state index in [2.05, 4.69) is 0 Å². The second kappa shape index (κ2) is 4.60. The fourth-order valence-corrected chi connectivity index (χ4v) is 1.59. The Morgan fingerprint density at radius 3 is 2.46 bits per heavy atom. The summed E-state index contributed by atoms with van der Waals surface area (Å²) < 4.78 is 22.1. The quantitative estimate of drug-likeness (QED) is 0.810. The molecule has 74 valence electrons. The van der Waals surface area contributed by atoms with E-state index in [4.69, 9.17) is 5.73 Å². The van der Waals surface area contributed by atoms with E-state index in [9.17, 15) is 8.42 Å². The Bertz CT molecular complexity index is 375. The van der Waals surface area contributed by atoms with Crippen molar-refractivity contribution in [2.75, 3.05) is 6.26 Å². The summed E-state index contributed by atoms with van der Waals surface area (Å²) in [6.07, 6.45) is 1.18. The van der Waals surface area contributed by atoms with Crippen LogP contribution in [0.4, 0.5) is 0 Å². The fraction of sp³-hybridized carbons (Fsp3) is 0.250. The standard InChI is InChI=1S/C8H11NO2S.ClH/c1-12(10,11)8-4-2-3-7(5-8)6-9;/h2-5H,6,9H2,1H3;1H. The van der Waals surface area contributed by atoms with Gasteiger partial charge < -0.3 is 5.73 Å². The molecular formula is C8H12ClNO2S. The topological polar surface area (TPSA) is 60.2 Å². The van der Waals surface area contributed by atoms with Gasteiger partial charge in [-0.15, -0.1) is 12.4 Å². The number of sulfone groups is 1. The van der Waals surface area contributed by atoms with E-state index in [0.29, 0.717) is 11.4 Å². The van der Waals surface area contributed by atoms with Gasteiger partial charge in [-0.1, -0.05) is 12.1 Å². The van der Waals surface area contributed by atoms with Crippen LogP contribution in [0.3, 0.4) is 0 Å². The van der Waals surface area contributed by atoms with E-state index in [0.717, 1.165) is 5.56 Å². The second-order valence-electron chi connectivity index (χ2n) is 2.62. The molecule has 0 heterocycles. The smallest absolute Gasteiger partial charge is 0.175 e. The minimum atomic E-state index is -3.09. The maximum Gasteiger partial charge on any atom is 0.175 e. The maximum absolute atomic E-state index is 11.1. The average Bonchev–Trinajstić information content (AvgIpc) is 2.03. The predicted molar refractivity (Wildman–Crippen MR) is 54.7 cm³/mol. The maximum atomic E-state index is 11.1. The number of hydrogen-bond acceptors (Lipinski definition) is 3. The number of hydrogen-bond donors (Lipinski definition) is 1. The lowest BCUT2D eigenvalue weighted by Gasteiger charge is -2.00. The van der Waals surface area contributed by atoms with Gasteiger partial charge in [-0.2, -0.15) is 0 Å². The van der Waals surface area contributed by atoms with E-state index < -0.39 is 9.84 Å². The number of nitrogens with two attached hydrogens (primary N) is 1. The molecule has 2 N–H and O–H groups in total. The van der Waals surface area contributed by atoms with Crippen LogP contribution in [0.2, 0.25) is 0 Å². The van der Waals surface area contributed by atoms with Crippen LogP contribution in [-0.2, 0) is 16.4 Å². The first-order valence-corrected chi connectivity index (χ1v) is 5.42. The summed E-state index contributed by atoms with van der Waals surface area (Å²) in [6, 6.07) is 6.65. The van der Waals surface area contributed by atoms with E-state index in [1.54, 1.807) is 24.3 Å². The number of benzene rings is 1. The lowest BCUT2D eigenvalue weighted by molar-refractivity contribution is 0.601. The van der Waals surface area contributed by atoms with Crippen molar-refractivity contribution >= 4 is 22.2 Å². The van der Waals surface area contributed by atoms with Gasteiger partial charge in [-0.25, -0.2) is 8.42 Å². The molecule has 5 heteroatoms. The van der Waals surface area contributed by atoms with E-state index in [-0.39, 0.29) is 12.4 Å². The molecule has 0 aromatic heterocycles. The van der Waals surface area contributed by atoms with Crippen LogP contribution in [0.5, 0.6) is 0 Å². The Morgan fingerprint density at radius 2 is 2.00 bits per heavy atom. The SMILES string of the molecule is CS(=O)(=O)c1cccc(CN)c1.Cl. The Kier molecular flexibility index (Phi) is 4.39. The average molecular weight is 222 g/mol. The number of halogens is 1. The molecule has 3 nitrogen and oxygen atoms in total. The van der Waals surface area contributed by atoms with E-state index >= 15 is 0 Å². The van der Waals surface area contributed by atoms with Gasteiger partial charge in [0, 0.05) is 12.8 Å². The molecule has 1 aromatic carbocycles. The van der Waals surface area contributed by atoms with Crippen molar-refractivity contribution in [3.05, 3.63) is 29.8 Å². The minimum Gasteiger partial charge on any atom is -0.326 e. The lowest BCUT2D eigenvalue weighted by Crippen LogP contribution is -2.00. The molecule has 0 atom stereocenters. The van der Waals surface area contributed by atoms with Crippen LogP contribution in [0.15, 0.2) is 29.2 Å². The Labute approximate surface area is 84.3 Å². The molecule has 0 amide bonds. The summed E-state index contributed by atoms with van der Waals surface area (Å²) >= 11 is 0. The molecule has 0 aliphatic rings. The van der Waals surface area contributed by atoms with Crippen LogP contribution in [0, 0.1) is 0 Å². The van der Waals surface area contributed by atoms with Gasteiger partial charge in [0.15, 0.2) is 9.84 Å². The van der Waals surface area contributed by atoms with E-state index in [1.807, 2.05) is 0 Å². The summed E-state index contributed by atoms with van der Waals surface area (Å²) in [6.45, 7) is 0.364. The van der Waals surface area contributed by atoms with Crippen molar-refractivity contribution in [1.82, 2.24) is 0 Å². The molecule has 0 bridgehead atoms. The molecule has 0 aliphatic heterocycles. The van der Waals surface area contributed by atoms with Gasteiger partial charge in [0.25, 0.3) is 0 Å². The molecule has 0 spiro atoms. The molecule has 13 heavy (non-hydrogen) atoms. The summed E-state index contributed by atoms with van der Waals surface area (Å²) in [5.74, 6) is 0. The summed E-state index contributed by atoms with van der Waals surface area (Å²) in [4.78, 5) is 0.324. The molecule has 1 aromatic rings. The van der Waals surface area contributed by atoms with Gasteiger partial charge in [0.1, 0.15) is 0 Å². The monoisotopic (exact) mass is 221 g/mol. The number of rotatable bonds is 2. The zero-order valence-corrected chi connectivity index (χ0v) is 8.86. The van der Waals surface area contributed by atoms with Crippen molar-refractivity contribution in [2.45, 2.75) is 11.4 Å². The zero-order valence-electron chi connectivity index (χ0n) is 7.23. The molecule has 0 aliphatic carbocycles. The predicted octanol–water partition coefficient (Wildman–Crippen LogP) is 0.971. The summed E-state index contributed by atoms with van der Waals surface area (Å²) in [7, 11) is -3.09. The second-order valence-corrected chi connectivity index (χ2v) is 4.64. The zero-order chi connectivity index (χ0) is 9.19. The summed E-state index contributed by atoms with van der Waals surface area (Å²) in [5, 5.41) is 0. The highest BCUT2D eigenvalue weighted by molar-refractivity contribution is 7.90. The van der Waals surface area contributed by atoms with Crippen molar-refractivity contribution in [3.8, 4) is 0 Å². The van der Waals surface area contributed by atoms with Crippen LogP contribution < -0.4 is 5.73 Å². The molecule has 0 saturated carbocycles. The van der Waals surface area contributed by atoms with Gasteiger partial charge in [0.05, 0.1) is 4.90 Å². The van der Waals surface area contributed by atoms with Crippen LogP contribution in [0.25, 0.3) is 0 Å². The minimum absolute atomic E-state index is 0. The molecular weight excluding hydrogens is 210 g/mol. The highest BCUT2D eigenvalue weighted by Gasteiger charge is 2.05. The van der Waals surface area contributed by atoms with Crippen molar-refractivity contribution in [3.63, 3.8) is 0 Å². The third-order valence-corrected chi connectivity index (χ3v) is 2.67. The normalized spacial score (nSPS) is 10.6. The fourth-order valence-electron chi connectivity index (χ4n) is 0.903. The highest BCUT2D eigenvalue weighted by Crippen LogP contribution is 2.10. The first kappa shape index (κ1) is 12.4. The van der Waals surface area contributed by atoms with E-state index in [1.165, 1.54) is 6.26 Å². The van der Waals surface area contributed by atoms with Crippen LogP contribution in [-0.4, -0.2) is 14.7 Å². The molecule has 1 rings (SSSR count). The summed E-state index contributed by atoms with van der Waals surface area (Å²) in [5.41, 5.74) is 6.20. The van der Waals surface area contributed by atoms with Gasteiger partial charge in [0.2, 0.25) is 0 Å². The largest absolute Gasteiger partial charge is 0.326 e. The Balaban J connectivity index is 0.00000144. The Morgan fingerprint density at radius 1 is 1.38 bits per heavy atom. The molecule has 0 saturated heterocycles. The van der Waals surface area contributed by atoms with Gasteiger partial charge >= 0.3 is 0 Å². The van der Waals surface area contributed by atoms with Crippen LogP contribution >= 0.6 is 12.4 Å². The third-order valence-electron chi connectivity index (χ3n) is 1.56. The molecule has 0 radical (unpaired) electrons. The molecule has 0 fully saturated rings. The van der Waals surface area contributed by atoms with Crippen molar-refractivity contribution in [1.29, 1.82) is 0 Å².